The second kappa shape index (κ2) is 9.93. The number of carbonyl (C=O) groups excluding carboxylic acids is 1. The Hall–Kier alpha value is -3.63. The lowest BCUT2D eigenvalue weighted by Crippen LogP contribution is -2.20. The summed E-state index contributed by atoms with van der Waals surface area (Å²) in [4.78, 5) is 12.7. The highest BCUT2D eigenvalue weighted by Gasteiger charge is 2.30. The molecule has 0 saturated heterocycles. The van der Waals surface area contributed by atoms with Gasteiger partial charge in [0.2, 0.25) is 0 Å². The van der Waals surface area contributed by atoms with Crippen molar-refractivity contribution in [2.75, 3.05) is 10.6 Å². The number of carbonyl (C=O) groups is 1. The maximum absolute atomic E-state index is 13.0. The number of thiophene rings is 1. The fraction of sp³-hybridized carbons (Fsp3) is 0.0800. The fourth-order valence-electron chi connectivity index (χ4n) is 3.42. The van der Waals surface area contributed by atoms with Crippen molar-refractivity contribution in [3.05, 3.63) is 101 Å². The van der Waals surface area contributed by atoms with Crippen LogP contribution in [0.15, 0.2) is 94.5 Å². The number of halogens is 3. The van der Waals surface area contributed by atoms with Gasteiger partial charge in [-0.05, 0) is 58.3 Å². The largest absolute Gasteiger partial charge is 0.416 e. The molecule has 1 heterocycles. The molecule has 4 aromatic rings. The average Bonchev–Trinajstić information content (AvgIpc) is 3.34. The third kappa shape index (κ3) is 6.09. The predicted molar refractivity (Wildman–Crippen MR) is 131 cm³/mol. The first-order chi connectivity index (χ1) is 16.6. The summed E-state index contributed by atoms with van der Waals surface area (Å²) in [5.41, 5.74) is 1.21. The standard InChI is InChI=1S/C25H19F3N2O3S2/c26-25(27,28)19-7-4-8-20(13-19)29-24(31)30-23-14-21(9-10-22(23)18-11-12-34-15-18)35(32,33)16-17-5-2-1-3-6-17/h1-15H,16H2,(H2,29,30,31). The number of benzene rings is 3. The van der Waals surface area contributed by atoms with Crippen molar-refractivity contribution in [3.8, 4) is 11.1 Å². The van der Waals surface area contributed by atoms with Crippen LogP contribution in [0.5, 0.6) is 0 Å². The van der Waals surface area contributed by atoms with Crippen molar-refractivity contribution in [3.63, 3.8) is 0 Å². The van der Waals surface area contributed by atoms with Crippen LogP contribution in [0.3, 0.4) is 0 Å². The van der Waals surface area contributed by atoms with E-state index < -0.39 is 27.6 Å². The van der Waals surface area contributed by atoms with E-state index in [1.807, 2.05) is 16.8 Å². The molecule has 10 heteroatoms. The molecule has 0 aliphatic heterocycles. The molecule has 0 unspecified atom stereocenters. The summed E-state index contributed by atoms with van der Waals surface area (Å²) in [6, 6.07) is 18.4. The van der Waals surface area contributed by atoms with Crippen LogP contribution in [0.1, 0.15) is 11.1 Å². The minimum atomic E-state index is -4.55. The van der Waals surface area contributed by atoms with Crippen LogP contribution < -0.4 is 10.6 Å². The van der Waals surface area contributed by atoms with Gasteiger partial charge >= 0.3 is 12.2 Å². The molecular formula is C25H19F3N2O3S2. The molecule has 180 valence electrons. The third-order valence-electron chi connectivity index (χ3n) is 5.08. The normalized spacial score (nSPS) is 11.7. The highest BCUT2D eigenvalue weighted by molar-refractivity contribution is 7.90. The molecular weight excluding hydrogens is 497 g/mol. The van der Waals surface area contributed by atoms with Crippen LogP contribution in [-0.4, -0.2) is 14.4 Å². The van der Waals surface area contributed by atoms with Crippen molar-refractivity contribution >= 4 is 38.6 Å². The molecule has 35 heavy (non-hydrogen) atoms. The number of hydrogen-bond donors (Lipinski definition) is 2. The minimum Gasteiger partial charge on any atom is -0.308 e. The Labute approximate surface area is 204 Å². The molecule has 2 amide bonds. The summed E-state index contributed by atoms with van der Waals surface area (Å²) in [6.07, 6.45) is -4.55. The van der Waals surface area contributed by atoms with Crippen molar-refractivity contribution in [1.82, 2.24) is 0 Å². The van der Waals surface area contributed by atoms with Gasteiger partial charge in [0.1, 0.15) is 0 Å². The Bertz CT molecular complexity index is 1440. The van der Waals surface area contributed by atoms with Gasteiger partial charge < -0.3 is 10.6 Å². The zero-order chi connectivity index (χ0) is 25.1. The predicted octanol–water partition coefficient (Wildman–Crippen LogP) is 7.05. The first-order valence-electron chi connectivity index (χ1n) is 10.3. The maximum atomic E-state index is 13.0. The molecule has 0 aliphatic carbocycles. The van der Waals surface area contributed by atoms with Crippen LogP contribution in [0.2, 0.25) is 0 Å². The summed E-state index contributed by atoms with van der Waals surface area (Å²) in [5, 5.41) is 8.64. The Balaban J connectivity index is 1.63. The number of urea groups is 1. The average molecular weight is 517 g/mol. The molecule has 4 rings (SSSR count). The zero-order valence-electron chi connectivity index (χ0n) is 18.0. The molecule has 1 aromatic heterocycles. The Morgan fingerprint density at radius 3 is 2.34 bits per heavy atom. The maximum Gasteiger partial charge on any atom is 0.416 e. The molecule has 5 nitrogen and oxygen atoms in total. The lowest BCUT2D eigenvalue weighted by molar-refractivity contribution is -0.137. The first kappa shape index (κ1) is 24.5. The SMILES string of the molecule is O=C(Nc1cccc(C(F)(F)F)c1)Nc1cc(S(=O)(=O)Cc2ccccc2)ccc1-c1ccsc1. The monoisotopic (exact) mass is 516 g/mol. The Morgan fingerprint density at radius 1 is 0.886 bits per heavy atom. The minimum absolute atomic E-state index is 0.00898. The van der Waals surface area contributed by atoms with E-state index in [4.69, 9.17) is 0 Å². The number of rotatable bonds is 6. The van der Waals surface area contributed by atoms with Gasteiger partial charge in [0.25, 0.3) is 0 Å². The molecule has 0 atom stereocenters. The summed E-state index contributed by atoms with van der Waals surface area (Å²) in [6.45, 7) is 0. The fourth-order valence-corrected chi connectivity index (χ4v) is 5.45. The molecule has 0 spiro atoms. The summed E-state index contributed by atoms with van der Waals surface area (Å²) in [5.74, 6) is -0.221. The topological polar surface area (TPSA) is 75.3 Å². The third-order valence-corrected chi connectivity index (χ3v) is 7.45. The van der Waals surface area contributed by atoms with Gasteiger partial charge in [-0.1, -0.05) is 42.5 Å². The van der Waals surface area contributed by atoms with E-state index in [1.54, 1.807) is 36.4 Å². The van der Waals surface area contributed by atoms with Crippen LogP contribution >= 0.6 is 11.3 Å². The van der Waals surface area contributed by atoms with Gasteiger partial charge in [0.05, 0.1) is 21.9 Å². The Kier molecular flexibility index (Phi) is 6.95. The lowest BCUT2D eigenvalue weighted by Gasteiger charge is -2.14. The van der Waals surface area contributed by atoms with Gasteiger partial charge in [-0.25, -0.2) is 13.2 Å². The quantitative estimate of drug-likeness (QED) is 0.288. The number of alkyl halides is 3. The second-order valence-electron chi connectivity index (χ2n) is 7.62. The molecule has 0 bridgehead atoms. The van der Waals surface area contributed by atoms with Gasteiger partial charge in [-0.2, -0.15) is 24.5 Å². The second-order valence-corrected chi connectivity index (χ2v) is 10.4. The smallest absolute Gasteiger partial charge is 0.308 e. The molecule has 0 saturated carbocycles. The van der Waals surface area contributed by atoms with E-state index in [-0.39, 0.29) is 22.0 Å². The number of anilines is 2. The van der Waals surface area contributed by atoms with Gasteiger partial charge in [0, 0.05) is 11.3 Å². The summed E-state index contributed by atoms with van der Waals surface area (Å²) in [7, 11) is -3.73. The number of sulfone groups is 1. The molecule has 2 N–H and O–H groups in total. The highest BCUT2D eigenvalue weighted by atomic mass is 32.2. The Morgan fingerprint density at radius 2 is 1.66 bits per heavy atom. The van der Waals surface area contributed by atoms with Crippen molar-refractivity contribution in [2.45, 2.75) is 16.8 Å². The summed E-state index contributed by atoms with van der Waals surface area (Å²) < 4.78 is 65.0. The van der Waals surface area contributed by atoms with Gasteiger partial charge in [-0.3, -0.25) is 0 Å². The van der Waals surface area contributed by atoms with Crippen molar-refractivity contribution in [2.24, 2.45) is 0 Å². The first-order valence-corrected chi connectivity index (χ1v) is 12.9. The van der Waals surface area contributed by atoms with E-state index in [1.165, 1.54) is 35.6 Å². The highest BCUT2D eigenvalue weighted by Crippen LogP contribution is 2.33. The number of nitrogens with one attached hydrogen (secondary N) is 2. The van der Waals surface area contributed by atoms with Crippen LogP contribution in [0, 0.1) is 0 Å². The van der Waals surface area contributed by atoms with Crippen LogP contribution in [0.25, 0.3) is 11.1 Å². The van der Waals surface area contributed by atoms with E-state index in [0.29, 0.717) is 11.1 Å². The van der Waals surface area contributed by atoms with Crippen molar-refractivity contribution in [1.29, 1.82) is 0 Å². The van der Waals surface area contributed by atoms with E-state index in [9.17, 15) is 26.4 Å². The van der Waals surface area contributed by atoms with Crippen LogP contribution in [-0.2, 0) is 21.8 Å². The van der Waals surface area contributed by atoms with E-state index >= 15 is 0 Å². The van der Waals surface area contributed by atoms with E-state index in [0.717, 1.165) is 17.7 Å². The molecule has 0 radical (unpaired) electrons. The number of hydrogen-bond acceptors (Lipinski definition) is 4. The van der Waals surface area contributed by atoms with Gasteiger partial charge in [-0.15, -0.1) is 0 Å². The van der Waals surface area contributed by atoms with Gasteiger partial charge in [0.15, 0.2) is 9.84 Å². The lowest BCUT2D eigenvalue weighted by atomic mass is 10.1. The number of amides is 2. The molecule has 3 aromatic carbocycles. The van der Waals surface area contributed by atoms with Crippen molar-refractivity contribution < 1.29 is 26.4 Å². The van der Waals surface area contributed by atoms with Crippen LogP contribution in [0.4, 0.5) is 29.3 Å². The molecule has 0 fully saturated rings. The zero-order valence-corrected chi connectivity index (χ0v) is 19.7. The van der Waals surface area contributed by atoms with E-state index in [2.05, 4.69) is 10.6 Å². The molecule has 0 aliphatic rings. The summed E-state index contributed by atoms with van der Waals surface area (Å²) >= 11 is 1.43.